The van der Waals surface area contributed by atoms with Crippen LogP contribution in [0.3, 0.4) is 0 Å². The maximum absolute atomic E-state index is 4.58. The lowest BCUT2D eigenvalue weighted by Gasteiger charge is -2.06. The van der Waals surface area contributed by atoms with Crippen LogP contribution in [0, 0.1) is 6.92 Å². The first-order valence-electron chi connectivity index (χ1n) is 6.13. The Morgan fingerprint density at radius 2 is 2.05 bits per heavy atom. The predicted molar refractivity (Wildman–Crippen MR) is 78.9 cm³/mol. The molecule has 0 amide bonds. The second-order valence-corrected chi connectivity index (χ2v) is 5.32. The van der Waals surface area contributed by atoms with Crippen LogP contribution in [0.4, 0.5) is 0 Å². The van der Waals surface area contributed by atoms with Crippen molar-refractivity contribution >= 4 is 27.0 Å². The molecule has 0 N–H and O–H groups in total. The Morgan fingerprint density at radius 1 is 1.21 bits per heavy atom. The molecule has 3 rings (SSSR count). The van der Waals surface area contributed by atoms with Crippen molar-refractivity contribution in [2.75, 3.05) is 0 Å². The SMILES string of the molecule is CCn1ncc2c(-c3cncc(Br)c3)cc(C)nc21. The highest BCUT2D eigenvalue weighted by Gasteiger charge is 2.11. The monoisotopic (exact) mass is 316 g/mol. The van der Waals surface area contributed by atoms with Gasteiger partial charge in [-0.2, -0.15) is 5.10 Å². The number of rotatable bonds is 2. The lowest BCUT2D eigenvalue weighted by atomic mass is 10.1. The zero-order valence-corrected chi connectivity index (χ0v) is 12.3. The Labute approximate surface area is 119 Å². The summed E-state index contributed by atoms with van der Waals surface area (Å²) in [6.45, 7) is 4.88. The van der Waals surface area contributed by atoms with Gasteiger partial charge in [-0.3, -0.25) is 4.98 Å². The third-order valence-corrected chi connectivity index (χ3v) is 3.49. The molecule has 0 radical (unpaired) electrons. The van der Waals surface area contributed by atoms with Crippen LogP contribution in [0.25, 0.3) is 22.2 Å². The molecule has 0 aliphatic rings. The Kier molecular flexibility index (Phi) is 3.06. The molecule has 5 heteroatoms. The number of hydrogen-bond donors (Lipinski definition) is 0. The maximum Gasteiger partial charge on any atom is 0.158 e. The molecule has 0 aliphatic heterocycles. The van der Waals surface area contributed by atoms with E-state index in [4.69, 9.17) is 0 Å². The number of aromatic nitrogens is 4. The van der Waals surface area contributed by atoms with Crippen LogP contribution in [0.15, 0.2) is 35.2 Å². The molecule has 0 aliphatic carbocycles. The van der Waals surface area contributed by atoms with E-state index in [9.17, 15) is 0 Å². The summed E-state index contributed by atoms with van der Waals surface area (Å²) in [5.74, 6) is 0. The summed E-state index contributed by atoms with van der Waals surface area (Å²) in [6.07, 6.45) is 5.52. The van der Waals surface area contributed by atoms with Crippen molar-refractivity contribution in [2.24, 2.45) is 0 Å². The van der Waals surface area contributed by atoms with E-state index < -0.39 is 0 Å². The topological polar surface area (TPSA) is 43.6 Å². The van der Waals surface area contributed by atoms with Gasteiger partial charge in [0.15, 0.2) is 5.65 Å². The van der Waals surface area contributed by atoms with Crippen LogP contribution >= 0.6 is 15.9 Å². The minimum absolute atomic E-state index is 0.816. The van der Waals surface area contributed by atoms with E-state index in [1.54, 1.807) is 6.20 Å². The Balaban J connectivity index is 2.31. The zero-order chi connectivity index (χ0) is 13.4. The molecule has 3 aromatic heterocycles. The summed E-state index contributed by atoms with van der Waals surface area (Å²) in [4.78, 5) is 8.81. The molecular formula is C14H13BrN4. The van der Waals surface area contributed by atoms with Crippen molar-refractivity contribution in [3.63, 3.8) is 0 Å². The maximum atomic E-state index is 4.58. The third kappa shape index (κ3) is 2.14. The van der Waals surface area contributed by atoms with Gasteiger partial charge >= 0.3 is 0 Å². The number of halogens is 1. The minimum Gasteiger partial charge on any atom is -0.263 e. The molecule has 0 fully saturated rings. The standard InChI is InChI=1S/C14H13BrN4/c1-3-19-14-13(8-17-19)12(4-9(2)18-14)10-5-11(15)7-16-6-10/h4-8H,3H2,1-2H3. The molecule has 0 saturated carbocycles. The van der Waals surface area contributed by atoms with Gasteiger partial charge in [-0.1, -0.05) is 0 Å². The minimum atomic E-state index is 0.816. The molecule has 0 aromatic carbocycles. The summed E-state index contributed by atoms with van der Waals surface area (Å²) >= 11 is 3.46. The Morgan fingerprint density at radius 3 is 2.79 bits per heavy atom. The lowest BCUT2D eigenvalue weighted by molar-refractivity contribution is 0.676. The van der Waals surface area contributed by atoms with E-state index in [2.05, 4.69) is 50.1 Å². The van der Waals surface area contributed by atoms with Gasteiger partial charge in [0, 0.05) is 40.1 Å². The van der Waals surface area contributed by atoms with E-state index in [1.165, 1.54) is 0 Å². The largest absolute Gasteiger partial charge is 0.263 e. The van der Waals surface area contributed by atoms with Gasteiger partial charge in [-0.15, -0.1) is 0 Å². The molecule has 0 spiro atoms. The zero-order valence-electron chi connectivity index (χ0n) is 10.8. The third-order valence-electron chi connectivity index (χ3n) is 3.05. The fourth-order valence-electron chi connectivity index (χ4n) is 2.20. The quantitative estimate of drug-likeness (QED) is 0.725. The molecule has 0 saturated heterocycles. The van der Waals surface area contributed by atoms with Gasteiger partial charge in [-0.25, -0.2) is 9.67 Å². The summed E-state index contributed by atoms with van der Waals surface area (Å²) in [6, 6.07) is 4.14. The van der Waals surface area contributed by atoms with Crippen LogP contribution < -0.4 is 0 Å². The highest BCUT2D eigenvalue weighted by Crippen LogP contribution is 2.29. The highest BCUT2D eigenvalue weighted by molar-refractivity contribution is 9.10. The first-order valence-corrected chi connectivity index (χ1v) is 6.92. The lowest BCUT2D eigenvalue weighted by Crippen LogP contribution is -1.98. The van der Waals surface area contributed by atoms with Crippen molar-refractivity contribution in [1.82, 2.24) is 19.7 Å². The Hall–Kier alpha value is -1.75. The summed E-state index contributed by atoms with van der Waals surface area (Å²) in [7, 11) is 0. The number of pyridine rings is 2. The van der Waals surface area contributed by atoms with Gasteiger partial charge in [0.1, 0.15) is 0 Å². The van der Waals surface area contributed by atoms with Crippen LogP contribution in [-0.2, 0) is 6.54 Å². The second-order valence-electron chi connectivity index (χ2n) is 4.40. The molecule has 4 nitrogen and oxygen atoms in total. The van der Waals surface area contributed by atoms with Gasteiger partial charge in [0.25, 0.3) is 0 Å². The molecule has 19 heavy (non-hydrogen) atoms. The van der Waals surface area contributed by atoms with Crippen molar-refractivity contribution in [1.29, 1.82) is 0 Å². The van der Waals surface area contributed by atoms with E-state index in [1.807, 2.05) is 24.0 Å². The summed E-state index contributed by atoms with van der Waals surface area (Å²) in [5.41, 5.74) is 4.10. The highest BCUT2D eigenvalue weighted by atomic mass is 79.9. The van der Waals surface area contributed by atoms with E-state index >= 15 is 0 Å². The molecule has 0 bridgehead atoms. The predicted octanol–water partition coefficient (Wildman–Crippen LogP) is 3.58. The molecular weight excluding hydrogens is 304 g/mol. The van der Waals surface area contributed by atoms with Gasteiger partial charge in [0.05, 0.1) is 6.20 Å². The summed E-state index contributed by atoms with van der Waals surface area (Å²) < 4.78 is 2.88. The van der Waals surface area contributed by atoms with E-state index in [-0.39, 0.29) is 0 Å². The average molecular weight is 317 g/mol. The number of nitrogens with zero attached hydrogens (tertiary/aromatic N) is 4. The van der Waals surface area contributed by atoms with Crippen LogP contribution in [0.1, 0.15) is 12.6 Å². The van der Waals surface area contributed by atoms with Gasteiger partial charge in [-0.05, 0) is 47.5 Å². The van der Waals surface area contributed by atoms with Gasteiger partial charge in [0.2, 0.25) is 0 Å². The smallest absolute Gasteiger partial charge is 0.158 e. The van der Waals surface area contributed by atoms with Gasteiger partial charge < -0.3 is 0 Å². The van der Waals surface area contributed by atoms with Crippen LogP contribution in [0.2, 0.25) is 0 Å². The molecule has 0 atom stereocenters. The molecule has 96 valence electrons. The second kappa shape index (κ2) is 4.74. The molecule has 3 heterocycles. The van der Waals surface area contributed by atoms with Crippen LogP contribution in [0.5, 0.6) is 0 Å². The van der Waals surface area contributed by atoms with Crippen molar-refractivity contribution < 1.29 is 0 Å². The van der Waals surface area contributed by atoms with Crippen molar-refractivity contribution in [3.8, 4) is 11.1 Å². The fraction of sp³-hybridized carbons (Fsp3) is 0.214. The fourth-order valence-corrected chi connectivity index (χ4v) is 2.57. The first-order chi connectivity index (χ1) is 9.19. The van der Waals surface area contributed by atoms with Crippen molar-refractivity contribution in [2.45, 2.75) is 20.4 Å². The number of hydrogen-bond acceptors (Lipinski definition) is 3. The average Bonchev–Trinajstić information content (AvgIpc) is 2.80. The number of aryl methyl sites for hydroxylation is 2. The Bertz CT molecular complexity index is 748. The summed E-state index contributed by atoms with van der Waals surface area (Å²) in [5, 5.41) is 5.45. The number of fused-ring (bicyclic) bond motifs is 1. The van der Waals surface area contributed by atoms with Crippen molar-refractivity contribution in [3.05, 3.63) is 40.9 Å². The van der Waals surface area contributed by atoms with E-state index in [0.29, 0.717) is 0 Å². The first kappa shape index (κ1) is 12.3. The molecule has 3 aromatic rings. The molecule has 0 unspecified atom stereocenters. The van der Waals surface area contributed by atoms with Crippen LogP contribution in [-0.4, -0.2) is 19.7 Å². The van der Waals surface area contributed by atoms with E-state index in [0.717, 1.165) is 38.9 Å². The normalized spacial score (nSPS) is 11.1.